The normalized spacial score (nSPS) is 21.6. The fourth-order valence-electron chi connectivity index (χ4n) is 1.70. The Morgan fingerprint density at radius 3 is 2.14 bits per heavy atom. The van der Waals surface area contributed by atoms with Crippen molar-refractivity contribution in [3.05, 3.63) is 0 Å². The van der Waals surface area contributed by atoms with Crippen LogP contribution in [0.15, 0.2) is 0 Å². The minimum Gasteiger partial charge on any atom is -0.317 e. The largest absolute Gasteiger partial charge is 0.317 e. The first kappa shape index (κ1) is 13.9. The first-order valence-corrected chi connectivity index (χ1v) is 6.29. The van der Waals surface area contributed by atoms with Crippen LogP contribution in [-0.2, 0) is 0 Å². The molecule has 0 aromatic heterocycles. The quantitative estimate of drug-likeness (QED) is 0.646. The Morgan fingerprint density at radius 2 is 1.36 bits per heavy atom. The summed E-state index contributed by atoms with van der Waals surface area (Å²) in [5, 5.41) is 3.48. The summed E-state index contributed by atoms with van der Waals surface area (Å²) in [5.74, 6) is 0. The van der Waals surface area contributed by atoms with Gasteiger partial charge in [0.25, 0.3) is 0 Å². The highest BCUT2D eigenvalue weighted by molar-refractivity contribution is 4.57. The fraction of sp³-hybridized carbons (Fsp3) is 1.00. The first-order valence-electron chi connectivity index (χ1n) is 6.29. The van der Waals surface area contributed by atoms with E-state index in [9.17, 15) is 0 Å². The average molecular weight is 200 g/mol. The van der Waals surface area contributed by atoms with Crippen molar-refractivity contribution < 1.29 is 0 Å². The van der Waals surface area contributed by atoms with E-state index in [0.29, 0.717) is 0 Å². The van der Waals surface area contributed by atoms with Gasteiger partial charge in [0.05, 0.1) is 0 Å². The Kier molecular flexibility index (Phi) is 10.9. The molecule has 2 heteroatoms. The van der Waals surface area contributed by atoms with Gasteiger partial charge in [0.15, 0.2) is 0 Å². The van der Waals surface area contributed by atoms with Crippen LogP contribution in [0.25, 0.3) is 0 Å². The van der Waals surface area contributed by atoms with Gasteiger partial charge in [-0.1, -0.05) is 26.7 Å². The Morgan fingerprint density at radius 1 is 0.786 bits per heavy atom. The average Bonchev–Trinajstić information content (AvgIpc) is 2.27. The lowest BCUT2D eigenvalue weighted by atomic mass is 10.2. The van der Waals surface area contributed by atoms with Crippen molar-refractivity contribution >= 4 is 0 Å². The second-order valence-electron chi connectivity index (χ2n) is 3.82. The van der Waals surface area contributed by atoms with Gasteiger partial charge >= 0.3 is 0 Å². The molecule has 0 amide bonds. The molecular formula is C12H28N2. The molecule has 0 bridgehead atoms. The summed E-state index contributed by atoms with van der Waals surface area (Å²) in [5.41, 5.74) is 0. The molecule has 1 saturated heterocycles. The zero-order chi connectivity index (χ0) is 10.6. The van der Waals surface area contributed by atoms with Crippen LogP contribution >= 0.6 is 0 Å². The maximum Gasteiger partial charge on any atom is -0.000969 e. The molecule has 1 N–H and O–H groups in total. The summed E-state index contributed by atoms with van der Waals surface area (Å²) in [6.07, 6.45) is 6.86. The van der Waals surface area contributed by atoms with Crippen LogP contribution in [0, 0.1) is 0 Å². The Labute approximate surface area is 90.1 Å². The molecule has 1 fully saturated rings. The zero-order valence-corrected chi connectivity index (χ0v) is 10.3. The van der Waals surface area contributed by atoms with Gasteiger partial charge in [-0.15, -0.1) is 0 Å². The molecule has 0 unspecified atom stereocenters. The lowest BCUT2D eigenvalue weighted by molar-refractivity contribution is 0.322. The van der Waals surface area contributed by atoms with Crippen molar-refractivity contribution in [1.29, 1.82) is 0 Å². The first-order chi connectivity index (χ1) is 6.89. The third-order valence-electron chi connectivity index (χ3n) is 2.54. The van der Waals surface area contributed by atoms with Crippen molar-refractivity contribution in [2.75, 3.05) is 33.2 Å². The summed E-state index contributed by atoms with van der Waals surface area (Å²) in [4.78, 5) is 2.45. The molecule has 86 valence electrons. The summed E-state index contributed by atoms with van der Waals surface area (Å²) >= 11 is 0. The van der Waals surface area contributed by atoms with Crippen LogP contribution in [0.5, 0.6) is 0 Å². The zero-order valence-electron chi connectivity index (χ0n) is 10.3. The van der Waals surface area contributed by atoms with Gasteiger partial charge in [-0.25, -0.2) is 0 Å². The fourth-order valence-corrected chi connectivity index (χ4v) is 1.70. The SMILES string of the molecule is CC.CN1CCCCCCNCCC1. The monoisotopic (exact) mass is 200 g/mol. The number of hydrogen-bond acceptors (Lipinski definition) is 2. The molecule has 0 aromatic carbocycles. The van der Waals surface area contributed by atoms with E-state index in [0.717, 1.165) is 0 Å². The minimum atomic E-state index is 1.20. The van der Waals surface area contributed by atoms with E-state index in [-0.39, 0.29) is 0 Å². The van der Waals surface area contributed by atoms with Crippen LogP contribution in [0.3, 0.4) is 0 Å². The van der Waals surface area contributed by atoms with Gasteiger partial charge in [-0.2, -0.15) is 0 Å². The highest BCUT2D eigenvalue weighted by Gasteiger charge is 1.99. The highest BCUT2D eigenvalue weighted by atomic mass is 15.1. The third-order valence-corrected chi connectivity index (χ3v) is 2.54. The smallest absolute Gasteiger partial charge is 0.000969 e. The predicted octanol–water partition coefficient (Wildman–Crippen LogP) is 2.50. The maximum atomic E-state index is 3.48. The molecular weight excluding hydrogens is 172 g/mol. The van der Waals surface area contributed by atoms with E-state index in [1.807, 2.05) is 13.8 Å². The summed E-state index contributed by atoms with van der Waals surface area (Å²) in [7, 11) is 2.23. The van der Waals surface area contributed by atoms with Crippen molar-refractivity contribution in [2.24, 2.45) is 0 Å². The Bertz CT molecular complexity index is 92.5. The molecule has 1 aliphatic rings. The summed E-state index contributed by atoms with van der Waals surface area (Å²) < 4.78 is 0. The van der Waals surface area contributed by atoms with Crippen LogP contribution in [0.1, 0.15) is 46.0 Å². The molecule has 0 saturated carbocycles. The number of hydrogen-bond donors (Lipinski definition) is 1. The number of nitrogens with zero attached hydrogens (tertiary/aromatic N) is 1. The second-order valence-corrected chi connectivity index (χ2v) is 3.82. The second kappa shape index (κ2) is 11.0. The van der Waals surface area contributed by atoms with E-state index in [2.05, 4.69) is 17.3 Å². The van der Waals surface area contributed by atoms with Crippen LogP contribution < -0.4 is 5.32 Å². The van der Waals surface area contributed by atoms with Crippen molar-refractivity contribution in [3.63, 3.8) is 0 Å². The molecule has 1 rings (SSSR count). The van der Waals surface area contributed by atoms with Gasteiger partial charge in [-0.3, -0.25) is 0 Å². The van der Waals surface area contributed by atoms with Gasteiger partial charge in [0.1, 0.15) is 0 Å². The summed E-state index contributed by atoms with van der Waals surface area (Å²) in [6, 6.07) is 0. The van der Waals surface area contributed by atoms with Gasteiger partial charge in [0.2, 0.25) is 0 Å². The van der Waals surface area contributed by atoms with E-state index < -0.39 is 0 Å². The predicted molar refractivity (Wildman–Crippen MR) is 64.8 cm³/mol. The van der Waals surface area contributed by atoms with Crippen LogP contribution in [0.2, 0.25) is 0 Å². The standard InChI is InChI=1S/C10H22N2.C2H6/c1-12-9-5-3-2-4-7-11-8-6-10-12;1-2/h11H,2-10H2,1H3;1-2H3. The molecule has 0 aromatic rings. The molecule has 0 spiro atoms. The van der Waals surface area contributed by atoms with Crippen LogP contribution in [0.4, 0.5) is 0 Å². The highest BCUT2D eigenvalue weighted by Crippen LogP contribution is 2.01. The molecule has 14 heavy (non-hydrogen) atoms. The number of rotatable bonds is 0. The molecule has 0 atom stereocenters. The van der Waals surface area contributed by atoms with Gasteiger partial charge < -0.3 is 10.2 Å². The topological polar surface area (TPSA) is 15.3 Å². The van der Waals surface area contributed by atoms with Crippen molar-refractivity contribution in [2.45, 2.75) is 46.0 Å². The Balaban J connectivity index is 0.000000791. The third kappa shape index (κ3) is 8.52. The summed E-state index contributed by atoms with van der Waals surface area (Å²) in [6.45, 7) is 8.97. The van der Waals surface area contributed by atoms with E-state index in [4.69, 9.17) is 0 Å². The van der Waals surface area contributed by atoms with Crippen molar-refractivity contribution in [1.82, 2.24) is 10.2 Å². The van der Waals surface area contributed by atoms with Gasteiger partial charge in [0, 0.05) is 0 Å². The maximum absolute atomic E-state index is 3.48. The Hall–Kier alpha value is -0.0800. The molecule has 1 aliphatic heterocycles. The molecule has 2 nitrogen and oxygen atoms in total. The minimum absolute atomic E-state index is 1.20. The molecule has 1 heterocycles. The van der Waals surface area contributed by atoms with E-state index in [1.54, 1.807) is 0 Å². The lowest BCUT2D eigenvalue weighted by Gasteiger charge is -2.15. The number of nitrogens with one attached hydrogen (secondary N) is 1. The van der Waals surface area contributed by atoms with Crippen molar-refractivity contribution in [3.8, 4) is 0 Å². The van der Waals surface area contributed by atoms with Gasteiger partial charge in [-0.05, 0) is 52.5 Å². The van der Waals surface area contributed by atoms with E-state index >= 15 is 0 Å². The molecule has 0 aliphatic carbocycles. The lowest BCUT2D eigenvalue weighted by Crippen LogP contribution is -2.24. The molecule has 0 radical (unpaired) electrons. The van der Waals surface area contributed by atoms with E-state index in [1.165, 1.54) is 58.3 Å². The van der Waals surface area contributed by atoms with Crippen LogP contribution in [-0.4, -0.2) is 38.1 Å².